The molecule has 0 amide bonds. The molecule has 0 saturated heterocycles. The molecule has 15 heavy (non-hydrogen) atoms. The minimum absolute atomic E-state index is 0.823. The monoisotopic (exact) mass is 243 g/mol. The van der Waals surface area contributed by atoms with Gasteiger partial charge in [0.05, 0.1) is 0 Å². The van der Waals surface area contributed by atoms with Crippen LogP contribution in [0.1, 0.15) is 13.8 Å². The number of nitrogens with zero attached hydrogens (tertiary/aromatic N) is 1. The number of hydrogen-bond donors (Lipinski definition) is 0. The molecule has 0 aliphatic carbocycles. The van der Waals surface area contributed by atoms with Gasteiger partial charge in [0, 0.05) is 18.4 Å². The smallest absolute Gasteiger partial charge is 0.231 e. The highest BCUT2D eigenvalue weighted by Gasteiger charge is 2.29. The molecule has 0 aliphatic heterocycles. The van der Waals surface area contributed by atoms with Crippen LogP contribution < -0.4 is 5.30 Å². The van der Waals surface area contributed by atoms with Gasteiger partial charge in [-0.2, -0.15) is 0 Å². The summed E-state index contributed by atoms with van der Waals surface area (Å²) in [6.45, 7) is 3.33. The van der Waals surface area contributed by atoms with Crippen LogP contribution >= 0.6 is 17.9 Å². The maximum absolute atomic E-state index is 12.8. The molecular formula is C11H18NOPS. The lowest BCUT2D eigenvalue weighted by atomic mass is 10.4. The van der Waals surface area contributed by atoms with Crippen molar-refractivity contribution in [3.8, 4) is 0 Å². The van der Waals surface area contributed by atoms with Gasteiger partial charge >= 0.3 is 0 Å². The Kier molecular flexibility index (Phi) is 4.91. The molecule has 1 aromatic carbocycles. The van der Waals surface area contributed by atoms with Crippen LogP contribution in [0.3, 0.4) is 0 Å². The lowest BCUT2D eigenvalue weighted by Crippen LogP contribution is -2.23. The van der Waals surface area contributed by atoms with E-state index in [2.05, 4.69) is 13.8 Å². The minimum atomic E-state index is -2.41. The van der Waals surface area contributed by atoms with E-state index in [1.165, 1.54) is 11.4 Å². The third kappa shape index (κ3) is 2.66. The van der Waals surface area contributed by atoms with E-state index in [0.29, 0.717) is 0 Å². The third-order valence-electron chi connectivity index (χ3n) is 2.43. The van der Waals surface area contributed by atoms with Crippen LogP contribution in [0.25, 0.3) is 0 Å². The maximum Gasteiger partial charge on any atom is 0.231 e. The van der Waals surface area contributed by atoms with Gasteiger partial charge in [0.2, 0.25) is 6.49 Å². The van der Waals surface area contributed by atoms with Crippen molar-refractivity contribution < 1.29 is 4.57 Å². The molecule has 2 nitrogen and oxygen atoms in total. The van der Waals surface area contributed by atoms with Crippen LogP contribution in [0, 0.1) is 0 Å². The molecular weight excluding hydrogens is 225 g/mol. The maximum atomic E-state index is 12.8. The normalized spacial score (nSPS) is 15.2. The van der Waals surface area contributed by atoms with Crippen LogP contribution in [0.4, 0.5) is 0 Å². The minimum Gasteiger partial charge on any atom is -0.290 e. The largest absolute Gasteiger partial charge is 0.290 e. The first-order valence-corrected chi connectivity index (χ1v) is 8.64. The van der Waals surface area contributed by atoms with Crippen LogP contribution in [0.15, 0.2) is 30.3 Å². The van der Waals surface area contributed by atoms with E-state index in [1.54, 1.807) is 0 Å². The highest BCUT2D eigenvalue weighted by atomic mass is 32.7. The molecule has 1 atom stereocenters. The summed E-state index contributed by atoms with van der Waals surface area (Å²) in [5.74, 6) is 0. The van der Waals surface area contributed by atoms with E-state index >= 15 is 0 Å². The van der Waals surface area contributed by atoms with Crippen LogP contribution in [0.2, 0.25) is 0 Å². The molecule has 0 heterocycles. The fraction of sp³-hybridized carbons (Fsp3) is 0.455. The molecule has 0 N–H and O–H groups in total. The molecule has 84 valence electrons. The van der Waals surface area contributed by atoms with E-state index < -0.39 is 6.49 Å². The fourth-order valence-corrected chi connectivity index (χ4v) is 6.04. The van der Waals surface area contributed by atoms with Crippen LogP contribution in [-0.4, -0.2) is 24.0 Å². The highest BCUT2D eigenvalue weighted by Crippen LogP contribution is 2.58. The molecule has 0 aliphatic rings. The predicted octanol–water partition coefficient (Wildman–Crippen LogP) is 3.21. The lowest BCUT2D eigenvalue weighted by molar-refractivity contribution is 0.463. The number of rotatable bonds is 5. The molecule has 0 bridgehead atoms. The summed E-state index contributed by atoms with van der Waals surface area (Å²) in [5.41, 5.74) is 0. The molecule has 0 radical (unpaired) electrons. The Morgan fingerprint density at radius 1 is 1.20 bits per heavy atom. The Hall–Kier alpha value is -0.240. The van der Waals surface area contributed by atoms with E-state index in [1.807, 2.05) is 41.3 Å². The summed E-state index contributed by atoms with van der Waals surface area (Å²) < 4.78 is 14.9. The van der Waals surface area contributed by atoms with E-state index in [9.17, 15) is 4.57 Å². The summed E-state index contributed by atoms with van der Waals surface area (Å²) in [6.07, 6.45) is 1.92. The molecule has 0 saturated carbocycles. The molecule has 0 aromatic heterocycles. The summed E-state index contributed by atoms with van der Waals surface area (Å²) in [6, 6.07) is 9.75. The fourth-order valence-electron chi connectivity index (χ4n) is 1.60. The number of hydrogen-bond acceptors (Lipinski definition) is 2. The first-order valence-electron chi connectivity index (χ1n) is 5.15. The molecule has 1 rings (SSSR count). The standard InChI is InChI=1S/C11H18NOPS/c1-4-12(5-2)14(13,15-3)11-9-7-6-8-10-11/h6-10H,4-5H2,1-3H3. The Morgan fingerprint density at radius 3 is 2.13 bits per heavy atom. The van der Waals surface area contributed by atoms with E-state index in [4.69, 9.17) is 0 Å². The van der Waals surface area contributed by atoms with Crippen molar-refractivity contribution in [3.05, 3.63) is 30.3 Å². The average Bonchev–Trinajstić information content (AvgIpc) is 2.31. The molecule has 1 aromatic rings. The van der Waals surface area contributed by atoms with Crippen molar-refractivity contribution in [2.75, 3.05) is 19.3 Å². The van der Waals surface area contributed by atoms with Gasteiger partial charge in [-0.05, 0) is 18.4 Å². The summed E-state index contributed by atoms with van der Waals surface area (Å²) in [4.78, 5) is 0. The SMILES string of the molecule is CCN(CC)P(=O)(SC)c1ccccc1. The third-order valence-corrected chi connectivity index (χ3v) is 8.00. The summed E-state index contributed by atoms with van der Waals surface area (Å²) in [5, 5.41) is 0.946. The van der Waals surface area contributed by atoms with Gasteiger partial charge in [0.1, 0.15) is 0 Å². The molecule has 4 heteroatoms. The lowest BCUT2D eigenvalue weighted by Gasteiger charge is -2.28. The predicted molar refractivity (Wildman–Crippen MR) is 70.1 cm³/mol. The van der Waals surface area contributed by atoms with Crippen LogP contribution in [-0.2, 0) is 4.57 Å². The van der Waals surface area contributed by atoms with Gasteiger partial charge in [0.15, 0.2) is 0 Å². The van der Waals surface area contributed by atoms with Gasteiger partial charge in [-0.3, -0.25) is 4.57 Å². The summed E-state index contributed by atoms with van der Waals surface area (Å²) >= 11 is 1.46. The van der Waals surface area contributed by atoms with E-state index in [-0.39, 0.29) is 0 Å². The Balaban J connectivity index is 3.10. The Bertz CT molecular complexity index is 338. The second-order valence-electron chi connectivity index (χ2n) is 3.18. The zero-order chi connectivity index (χ0) is 11.3. The van der Waals surface area contributed by atoms with Crippen LogP contribution in [0.5, 0.6) is 0 Å². The quantitative estimate of drug-likeness (QED) is 0.741. The Morgan fingerprint density at radius 2 is 1.73 bits per heavy atom. The van der Waals surface area contributed by atoms with Crippen molar-refractivity contribution in [3.63, 3.8) is 0 Å². The molecule has 1 unspecified atom stereocenters. The first kappa shape index (κ1) is 12.8. The average molecular weight is 243 g/mol. The molecule has 0 fully saturated rings. The second-order valence-corrected chi connectivity index (χ2v) is 8.25. The number of benzene rings is 1. The van der Waals surface area contributed by atoms with Crippen molar-refractivity contribution in [1.29, 1.82) is 0 Å². The van der Waals surface area contributed by atoms with Gasteiger partial charge in [-0.25, -0.2) is 4.67 Å². The molecule has 0 spiro atoms. The second kappa shape index (κ2) is 5.74. The van der Waals surface area contributed by atoms with Crippen molar-refractivity contribution in [2.24, 2.45) is 0 Å². The highest BCUT2D eigenvalue weighted by molar-refractivity contribution is 8.59. The topological polar surface area (TPSA) is 20.3 Å². The summed E-state index contributed by atoms with van der Waals surface area (Å²) in [7, 11) is 0. The first-order chi connectivity index (χ1) is 7.19. The van der Waals surface area contributed by atoms with Gasteiger partial charge in [0.25, 0.3) is 0 Å². The van der Waals surface area contributed by atoms with E-state index in [0.717, 1.165) is 18.4 Å². The zero-order valence-corrected chi connectivity index (χ0v) is 11.2. The van der Waals surface area contributed by atoms with Gasteiger partial charge in [-0.15, -0.1) is 0 Å². The van der Waals surface area contributed by atoms with Crippen molar-refractivity contribution >= 4 is 23.2 Å². The van der Waals surface area contributed by atoms with Gasteiger partial charge < -0.3 is 0 Å². The zero-order valence-electron chi connectivity index (χ0n) is 9.51. The Labute approximate surface area is 96.2 Å². The van der Waals surface area contributed by atoms with Crippen molar-refractivity contribution in [2.45, 2.75) is 13.8 Å². The van der Waals surface area contributed by atoms with Gasteiger partial charge in [-0.1, -0.05) is 43.4 Å². The van der Waals surface area contributed by atoms with Crippen molar-refractivity contribution in [1.82, 2.24) is 4.67 Å².